The van der Waals surface area contributed by atoms with Crippen LogP contribution < -0.4 is 0 Å². The number of aliphatic hydroxyl groups is 1. The summed E-state index contributed by atoms with van der Waals surface area (Å²) in [6.07, 6.45) is 11.3. The highest BCUT2D eigenvalue weighted by Gasteiger charge is 2.24. The summed E-state index contributed by atoms with van der Waals surface area (Å²) in [5, 5.41) is 8.73. The van der Waals surface area contributed by atoms with Crippen LogP contribution in [-0.2, 0) is 0 Å². The van der Waals surface area contributed by atoms with Crippen molar-refractivity contribution in [2.45, 2.75) is 70.1 Å². The maximum absolute atomic E-state index is 13.8. The fourth-order valence-electron chi connectivity index (χ4n) is 3.67. The molecule has 1 aromatic rings. The van der Waals surface area contributed by atoms with Crippen LogP contribution in [0.3, 0.4) is 0 Å². The first-order chi connectivity index (χ1) is 10.7. The van der Waals surface area contributed by atoms with Gasteiger partial charge < -0.3 is 5.11 Å². The zero-order valence-electron chi connectivity index (χ0n) is 13.4. The number of unbranched alkanes of at least 4 members (excludes halogenated alkanes) is 4. The van der Waals surface area contributed by atoms with Crippen LogP contribution in [-0.4, -0.2) is 11.7 Å². The lowest BCUT2D eigenvalue weighted by atomic mass is 9.77. The molecule has 0 unspecified atom stereocenters. The maximum atomic E-state index is 13.8. The highest BCUT2D eigenvalue weighted by Crippen LogP contribution is 2.38. The SMILES string of the molecule is OCCCCCCCC1CCC(c2cccc(F)c2F)CC1. The van der Waals surface area contributed by atoms with Crippen LogP contribution in [0.15, 0.2) is 18.2 Å². The molecule has 0 radical (unpaired) electrons. The molecule has 1 aliphatic rings. The van der Waals surface area contributed by atoms with Crippen molar-refractivity contribution in [3.63, 3.8) is 0 Å². The summed E-state index contributed by atoms with van der Waals surface area (Å²) in [5.41, 5.74) is 0.572. The van der Waals surface area contributed by atoms with Gasteiger partial charge in [0.25, 0.3) is 0 Å². The average molecular weight is 310 g/mol. The standard InChI is InChI=1S/C19H28F2O/c20-18-9-6-8-17(19(18)21)16-12-10-15(11-13-16)7-4-2-1-3-5-14-22/h6,8-9,15-16,22H,1-5,7,10-14H2. The van der Waals surface area contributed by atoms with Crippen LogP contribution in [0.4, 0.5) is 8.78 Å². The lowest BCUT2D eigenvalue weighted by Crippen LogP contribution is -2.14. The molecule has 1 nitrogen and oxygen atoms in total. The largest absolute Gasteiger partial charge is 0.396 e. The van der Waals surface area contributed by atoms with Crippen LogP contribution in [0.1, 0.15) is 75.7 Å². The Morgan fingerprint density at radius 3 is 2.32 bits per heavy atom. The minimum absolute atomic E-state index is 0.191. The van der Waals surface area contributed by atoms with Gasteiger partial charge in [-0.1, -0.05) is 44.2 Å². The molecule has 0 aromatic heterocycles. The van der Waals surface area contributed by atoms with E-state index in [1.807, 2.05) is 0 Å². The Labute approximate surface area is 132 Å². The van der Waals surface area contributed by atoms with Gasteiger partial charge in [-0.05, 0) is 55.6 Å². The maximum Gasteiger partial charge on any atom is 0.162 e. The van der Waals surface area contributed by atoms with Crippen molar-refractivity contribution in [2.75, 3.05) is 6.61 Å². The second kappa shape index (κ2) is 9.24. The number of benzene rings is 1. The molecule has 0 bridgehead atoms. The molecule has 1 aromatic carbocycles. The van der Waals surface area contributed by atoms with Crippen LogP contribution in [0.5, 0.6) is 0 Å². The molecule has 1 fully saturated rings. The number of hydrogen-bond acceptors (Lipinski definition) is 1. The zero-order chi connectivity index (χ0) is 15.8. The number of halogens is 2. The number of rotatable bonds is 8. The topological polar surface area (TPSA) is 20.2 Å². The third kappa shape index (κ3) is 5.05. The van der Waals surface area contributed by atoms with E-state index < -0.39 is 11.6 Å². The summed E-state index contributed by atoms with van der Waals surface area (Å²) in [6.45, 7) is 0.306. The Hall–Kier alpha value is -0.960. The van der Waals surface area contributed by atoms with Crippen LogP contribution in [0, 0.1) is 17.6 Å². The molecule has 1 saturated carbocycles. The normalized spacial score (nSPS) is 22.0. The van der Waals surface area contributed by atoms with E-state index >= 15 is 0 Å². The van der Waals surface area contributed by atoms with E-state index in [4.69, 9.17) is 5.11 Å². The Morgan fingerprint density at radius 1 is 0.909 bits per heavy atom. The van der Waals surface area contributed by atoms with Gasteiger partial charge in [-0.25, -0.2) is 8.78 Å². The van der Waals surface area contributed by atoms with Crippen molar-refractivity contribution < 1.29 is 13.9 Å². The van der Waals surface area contributed by atoms with E-state index in [9.17, 15) is 8.78 Å². The lowest BCUT2D eigenvalue weighted by Gasteiger charge is -2.29. The second-order valence-corrected chi connectivity index (χ2v) is 6.64. The number of aliphatic hydroxyl groups excluding tert-OH is 1. The summed E-state index contributed by atoms with van der Waals surface area (Å²) in [7, 11) is 0. The van der Waals surface area contributed by atoms with Crippen LogP contribution in [0.25, 0.3) is 0 Å². The van der Waals surface area contributed by atoms with Gasteiger partial charge in [-0.15, -0.1) is 0 Å². The molecule has 0 atom stereocenters. The molecule has 1 aliphatic carbocycles. The summed E-state index contributed by atoms with van der Waals surface area (Å²) < 4.78 is 27.2. The summed E-state index contributed by atoms with van der Waals surface area (Å²) in [6, 6.07) is 4.55. The minimum Gasteiger partial charge on any atom is -0.396 e. The fraction of sp³-hybridized carbons (Fsp3) is 0.684. The molecule has 0 saturated heterocycles. The first kappa shape index (κ1) is 17.4. The molecule has 3 heteroatoms. The quantitative estimate of drug-likeness (QED) is 0.622. The molecular weight excluding hydrogens is 282 g/mol. The highest BCUT2D eigenvalue weighted by atomic mass is 19.2. The lowest BCUT2D eigenvalue weighted by molar-refractivity contribution is 0.279. The zero-order valence-corrected chi connectivity index (χ0v) is 13.4. The highest BCUT2D eigenvalue weighted by molar-refractivity contribution is 5.23. The van der Waals surface area contributed by atoms with E-state index in [-0.39, 0.29) is 5.92 Å². The first-order valence-corrected chi connectivity index (χ1v) is 8.77. The van der Waals surface area contributed by atoms with Crippen molar-refractivity contribution in [3.05, 3.63) is 35.4 Å². The molecule has 0 amide bonds. The summed E-state index contributed by atoms with van der Waals surface area (Å²) in [4.78, 5) is 0. The van der Waals surface area contributed by atoms with E-state index in [0.717, 1.165) is 44.4 Å². The Morgan fingerprint density at radius 2 is 1.59 bits per heavy atom. The summed E-state index contributed by atoms with van der Waals surface area (Å²) >= 11 is 0. The molecule has 2 rings (SSSR count). The molecular formula is C19H28F2O. The van der Waals surface area contributed by atoms with E-state index in [1.165, 1.54) is 31.7 Å². The van der Waals surface area contributed by atoms with E-state index in [2.05, 4.69) is 0 Å². The molecule has 0 heterocycles. The van der Waals surface area contributed by atoms with Crippen LogP contribution >= 0.6 is 0 Å². The van der Waals surface area contributed by atoms with Gasteiger partial charge in [0.1, 0.15) is 0 Å². The summed E-state index contributed by atoms with van der Waals surface area (Å²) in [5.74, 6) is -0.417. The van der Waals surface area contributed by atoms with Crippen molar-refractivity contribution in [1.82, 2.24) is 0 Å². The monoisotopic (exact) mass is 310 g/mol. The van der Waals surface area contributed by atoms with Crippen molar-refractivity contribution in [2.24, 2.45) is 5.92 Å². The van der Waals surface area contributed by atoms with E-state index in [1.54, 1.807) is 12.1 Å². The Bertz CT molecular complexity index is 439. The fourth-order valence-corrected chi connectivity index (χ4v) is 3.67. The van der Waals surface area contributed by atoms with E-state index in [0.29, 0.717) is 12.2 Å². The predicted octanol–water partition coefficient (Wildman–Crippen LogP) is 5.57. The first-order valence-electron chi connectivity index (χ1n) is 8.77. The molecule has 1 N–H and O–H groups in total. The van der Waals surface area contributed by atoms with Gasteiger partial charge in [0.05, 0.1) is 0 Å². The minimum atomic E-state index is -0.720. The molecule has 124 valence electrons. The molecule has 22 heavy (non-hydrogen) atoms. The van der Waals surface area contributed by atoms with Crippen molar-refractivity contribution in [1.29, 1.82) is 0 Å². The predicted molar refractivity (Wildman–Crippen MR) is 85.8 cm³/mol. The third-order valence-electron chi connectivity index (χ3n) is 5.04. The Balaban J connectivity index is 1.68. The smallest absolute Gasteiger partial charge is 0.162 e. The van der Waals surface area contributed by atoms with Crippen LogP contribution in [0.2, 0.25) is 0 Å². The third-order valence-corrected chi connectivity index (χ3v) is 5.04. The van der Waals surface area contributed by atoms with Gasteiger partial charge in [0, 0.05) is 6.61 Å². The van der Waals surface area contributed by atoms with Gasteiger partial charge in [-0.3, -0.25) is 0 Å². The number of hydrogen-bond donors (Lipinski definition) is 1. The van der Waals surface area contributed by atoms with Gasteiger partial charge >= 0.3 is 0 Å². The van der Waals surface area contributed by atoms with Gasteiger partial charge in [-0.2, -0.15) is 0 Å². The van der Waals surface area contributed by atoms with Gasteiger partial charge in [0.2, 0.25) is 0 Å². The molecule has 0 spiro atoms. The van der Waals surface area contributed by atoms with Crippen molar-refractivity contribution in [3.8, 4) is 0 Å². The molecule has 0 aliphatic heterocycles. The van der Waals surface area contributed by atoms with Gasteiger partial charge in [0.15, 0.2) is 11.6 Å². The Kier molecular flexibility index (Phi) is 7.31. The van der Waals surface area contributed by atoms with Crippen molar-refractivity contribution >= 4 is 0 Å². The second-order valence-electron chi connectivity index (χ2n) is 6.64. The average Bonchev–Trinajstić information content (AvgIpc) is 2.54.